The van der Waals surface area contributed by atoms with Crippen LogP contribution in [0.25, 0.3) is 0 Å². The Bertz CT molecular complexity index is 1070. The summed E-state index contributed by atoms with van der Waals surface area (Å²) in [5.74, 6) is -0.422. The van der Waals surface area contributed by atoms with E-state index in [-0.39, 0.29) is 28.3 Å². The van der Waals surface area contributed by atoms with Gasteiger partial charge in [0.05, 0.1) is 19.3 Å². The number of nitrogens with zero attached hydrogens (tertiary/aromatic N) is 1. The minimum absolute atomic E-state index is 0.0192. The molecule has 2 aromatic carbocycles. The third-order valence-corrected chi connectivity index (χ3v) is 6.88. The molecule has 0 spiro atoms. The van der Waals surface area contributed by atoms with Crippen molar-refractivity contribution in [3.05, 3.63) is 47.8 Å². The number of hydrogen-bond donors (Lipinski definition) is 1. The van der Waals surface area contributed by atoms with E-state index in [1.165, 1.54) is 25.3 Å². The lowest BCUT2D eigenvalue weighted by Gasteiger charge is -2.37. The van der Waals surface area contributed by atoms with Gasteiger partial charge < -0.3 is 14.4 Å². The molecule has 0 unspecified atom stereocenters. The number of amides is 1. The molecule has 4 rings (SSSR count). The molecule has 1 N–H and O–H groups in total. The maximum atomic E-state index is 13.7. The summed E-state index contributed by atoms with van der Waals surface area (Å²) in [6.07, 6.45) is 3.75. The number of ether oxygens (including phenoxy) is 2. The van der Waals surface area contributed by atoms with E-state index < -0.39 is 15.8 Å². The molecule has 1 saturated heterocycles. The molecule has 1 fully saturated rings. The highest BCUT2D eigenvalue weighted by atomic mass is 32.2. The molecule has 2 aliphatic heterocycles. The van der Waals surface area contributed by atoms with Crippen LogP contribution in [0.3, 0.4) is 0 Å². The van der Waals surface area contributed by atoms with Gasteiger partial charge in [0.2, 0.25) is 0 Å². The van der Waals surface area contributed by atoms with E-state index in [1.54, 1.807) is 6.07 Å². The Balaban J connectivity index is 1.67. The van der Waals surface area contributed by atoms with E-state index in [0.717, 1.165) is 37.8 Å². The fraction of sp³-hybridized carbons (Fsp3) is 0.381. The van der Waals surface area contributed by atoms with Gasteiger partial charge in [-0.3, -0.25) is 9.52 Å². The summed E-state index contributed by atoms with van der Waals surface area (Å²) in [6.45, 7) is 1.17. The maximum Gasteiger partial charge on any atom is 0.265 e. The summed E-state index contributed by atoms with van der Waals surface area (Å²) in [5, 5.41) is 0. The van der Waals surface area contributed by atoms with Crippen molar-refractivity contribution in [1.29, 1.82) is 0 Å². The molecule has 9 heteroatoms. The van der Waals surface area contributed by atoms with E-state index in [0.29, 0.717) is 24.5 Å². The number of fused-ring (bicyclic) bond motifs is 2. The van der Waals surface area contributed by atoms with Crippen LogP contribution >= 0.6 is 0 Å². The van der Waals surface area contributed by atoms with Crippen molar-refractivity contribution in [2.75, 3.05) is 25.0 Å². The summed E-state index contributed by atoms with van der Waals surface area (Å²) in [5.41, 5.74) is 0.499. The van der Waals surface area contributed by atoms with Gasteiger partial charge in [-0.1, -0.05) is 0 Å². The molecule has 0 radical (unpaired) electrons. The fourth-order valence-electron chi connectivity index (χ4n) is 3.98. The average Bonchev–Trinajstić information content (AvgIpc) is 2.73. The lowest BCUT2D eigenvalue weighted by molar-refractivity contribution is 0.0548. The Morgan fingerprint density at radius 1 is 1.17 bits per heavy atom. The SMILES string of the molecule is COc1ccc(F)cc1S(=O)(=O)Nc1ccc2c(c1)C(=O)N1CCCC[C@@H]1CCO2. The zero-order valence-corrected chi connectivity index (χ0v) is 17.4. The molecule has 2 aromatic rings. The van der Waals surface area contributed by atoms with Crippen molar-refractivity contribution in [1.82, 2.24) is 4.90 Å². The first kappa shape index (κ1) is 20.5. The second-order valence-corrected chi connectivity index (χ2v) is 9.05. The summed E-state index contributed by atoms with van der Waals surface area (Å²) in [6, 6.07) is 7.96. The molecular weight excluding hydrogens is 411 g/mol. The van der Waals surface area contributed by atoms with E-state index in [9.17, 15) is 17.6 Å². The lowest BCUT2D eigenvalue weighted by atomic mass is 9.97. The minimum atomic E-state index is -4.14. The van der Waals surface area contributed by atoms with Crippen LogP contribution in [0, 0.1) is 5.82 Å². The Morgan fingerprint density at radius 3 is 2.80 bits per heavy atom. The second-order valence-electron chi connectivity index (χ2n) is 7.40. The third kappa shape index (κ3) is 3.94. The fourth-order valence-corrected chi connectivity index (χ4v) is 5.22. The number of benzene rings is 2. The Labute approximate surface area is 174 Å². The van der Waals surface area contributed by atoms with Gasteiger partial charge >= 0.3 is 0 Å². The molecule has 0 saturated carbocycles. The van der Waals surface area contributed by atoms with Gasteiger partial charge in [0.15, 0.2) is 0 Å². The van der Waals surface area contributed by atoms with Crippen LogP contribution < -0.4 is 14.2 Å². The number of methoxy groups -OCH3 is 1. The van der Waals surface area contributed by atoms with Crippen molar-refractivity contribution < 1.29 is 27.1 Å². The molecule has 1 amide bonds. The van der Waals surface area contributed by atoms with Gasteiger partial charge in [0.1, 0.15) is 22.2 Å². The minimum Gasteiger partial charge on any atom is -0.495 e. The smallest absolute Gasteiger partial charge is 0.265 e. The van der Waals surface area contributed by atoms with E-state index in [2.05, 4.69) is 4.72 Å². The molecule has 7 nitrogen and oxygen atoms in total. The van der Waals surface area contributed by atoms with Crippen LogP contribution in [0.2, 0.25) is 0 Å². The highest BCUT2D eigenvalue weighted by Gasteiger charge is 2.31. The third-order valence-electron chi connectivity index (χ3n) is 5.47. The summed E-state index contributed by atoms with van der Waals surface area (Å²) in [7, 11) is -2.83. The lowest BCUT2D eigenvalue weighted by Crippen LogP contribution is -2.45. The Kier molecular flexibility index (Phi) is 5.55. The first-order chi connectivity index (χ1) is 14.4. The number of halogens is 1. The monoisotopic (exact) mass is 434 g/mol. The number of rotatable bonds is 4. The zero-order valence-electron chi connectivity index (χ0n) is 16.6. The molecule has 2 aliphatic rings. The average molecular weight is 434 g/mol. The number of carbonyl (C=O) groups is 1. The van der Waals surface area contributed by atoms with Crippen LogP contribution in [-0.4, -0.2) is 45.5 Å². The number of anilines is 1. The van der Waals surface area contributed by atoms with Crippen molar-refractivity contribution in [2.24, 2.45) is 0 Å². The van der Waals surface area contributed by atoms with E-state index >= 15 is 0 Å². The summed E-state index contributed by atoms with van der Waals surface area (Å²) < 4.78 is 52.6. The number of sulfonamides is 1. The molecule has 2 heterocycles. The van der Waals surface area contributed by atoms with Gasteiger partial charge in [-0.05, 0) is 55.7 Å². The van der Waals surface area contributed by atoms with Gasteiger partial charge in [-0.25, -0.2) is 12.8 Å². The zero-order chi connectivity index (χ0) is 21.3. The van der Waals surface area contributed by atoms with Crippen molar-refractivity contribution in [3.8, 4) is 11.5 Å². The van der Waals surface area contributed by atoms with Crippen LogP contribution in [0.1, 0.15) is 36.0 Å². The maximum absolute atomic E-state index is 13.7. The standard InChI is InChI=1S/C21H23FN2O5S/c1-28-19-7-5-14(22)12-20(19)30(26,27)23-15-6-8-18-17(13-15)21(25)24-10-3-2-4-16(24)9-11-29-18/h5-8,12-13,16,23H,2-4,9-11H2,1H3/t16-/m1/s1. The van der Waals surface area contributed by atoms with Gasteiger partial charge in [-0.15, -0.1) is 0 Å². The normalized spacial score (nSPS) is 19.1. The molecule has 160 valence electrons. The summed E-state index contributed by atoms with van der Waals surface area (Å²) in [4.78, 5) is 14.7. The van der Waals surface area contributed by atoms with Crippen LogP contribution in [0.5, 0.6) is 11.5 Å². The Morgan fingerprint density at radius 2 is 2.00 bits per heavy atom. The van der Waals surface area contributed by atoms with Gasteiger partial charge in [-0.2, -0.15) is 0 Å². The summed E-state index contributed by atoms with van der Waals surface area (Å²) >= 11 is 0. The Hall–Kier alpha value is -2.81. The van der Waals surface area contributed by atoms with Crippen LogP contribution in [-0.2, 0) is 10.0 Å². The van der Waals surface area contributed by atoms with Crippen molar-refractivity contribution in [3.63, 3.8) is 0 Å². The largest absolute Gasteiger partial charge is 0.495 e. The molecule has 0 aromatic heterocycles. The number of hydrogen-bond acceptors (Lipinski definition) is 5. The predicted octanol–water partition coefficient (Wildman–Crippen LogP) is 3.41. The quantitative estimate of drug-likeness (QED) is 0.797. The van der Waals surface area contributed by atoms with E-state index in [4.69, 9.17) is 9.47 Å². The van der Waals surface area contributed by atoms with Crippen LogP contribution in [0.4, 0.5) is 10.1 Å². The first-order valence-corrected chi connectivity index (χ1v) is 11.3. The highest BCUT2D eigenvalue weighted by Crippen LogP contribution is 2.32. The van der Waals surface area contributed by atoms with E-state index in [1.807, 2.05) is 4.90 Å². The number of piperidine rings is 1. The second kappa shape index (κ2) is 8.14. The number of carbonyl (C=O) groups excluding carboxylic acids is 1. The molecule has 30 heavy (non-hydrogen) atoms. The van der Waals surface area contributed by atoms with Gasteiger partial charge in [0.25, 0.3) is 15.9 Å². The van der Waals surface area contributed by atoms with Gasteiger partial charge in [0, 0.05) is 24.7 Å². The number of nitrogens with one attached hydrogen (secondary N) is 1. The first-order valence-electron chi connectivity index (χ1n) is 9.83. The van der Waals surface area contributed by atoms with Crippen molar-refractivity contribution in [2.45, 2.75) is 36.6 Å². The molecule has 0 aliphatic carbocycles. The topological polar surface area (TPSA) is 84.9 Å². The predicted molar refractivity (Wildman–Crippen MR) is 109 cm³/mol. The molecule has 1 atom stereocenters. The highest BCUT2D eigenvalue weighted by molar-refractivity contribution is 7.92. The molecule has 0 bridgehead atoms. The van der Waals surface area contributed by atoms with Crippen molar-refractivity contribution >= 4 is 21.6 Å². The van der Waals surface area contributed by atoms with Crippen LogP contribution in [0.15, 0.2) is 41.3 Å². The molecular formula is C21H23FN2O5S.